The third-order valence-electron chi connectivity index (χ3n) is 8.87. The second-order valence-corrected chi connectivity index (χ2v) is 12.4. The maximum absolute atomic E-state index is 13.8. The van der Waals surface area contributed by atoms with E-state index in [9.17, 15) is 19.5 Å². The standard InChI is InChI=1S/C33H55N3O6/c1-10-22(4)30(35(7)28(37)19-21(2)3)27(41-8)20-29(38)36-18-14-17-26(36)32(42-9)23(5)33(40)34-24(6)31(39)25-15-12-11-13-16-25/h11-13,15-16,21-24,26-27,30-32,39H,10,14,17-20H2,1-9H3,(H,34,40)/t22-,23-,24+,26?,27+,30-,31+,32+/m1/s1. The van der Waals surface area contributed by atoms with Crippen molar-refractivity contribution < 1.29 is 29.0 Å². The Morgan fingerprint density at radius 2 is 1.69 bits per heavy atom. The highest BCUT2D eigenvalue weighted by Gasteiger charge is 2.42. The molecule has 1 fully saturated rings. The molecule has 9 nitrogen and oxygen atoms in total. The van der Waals surface area contributed by atoms with Gasteiger partial charge in [-0.05, 0) is 37.2 Å². The topological polar surface area (TPSA) is 108 Å². The molecule has 1 saturated heterocycles. The van der Waals surface area contributed by atoms with Crippen LogP contribution >= 0.6 is 0 Å². The quantitative estimate of drug-likeness (QED) is 0.299. The molecular weight excluding hydrogens is 534 g/mol. The minimum Gasteiger partial charge on any atom is -0.386 e. The van der Waals surface area contributed by atoms with E-state index in [-0.39, 0.29) is 48.1 Å². The van der Waals surface area contributed by atoms with E-state index < -0.39 is 30.3 Å². The molecule has 0 aliphatic carbocycles. The number of carbonyl (C=O) groups is 3. The number of nitrogens with zero attached hydrogens (tertiary/aromatic N) is 2. The molecule has 2 N–H and O–H groups in total. The molecule has 1 aromatic rings. The third kappa shape index (κ3) is 9.25. The molecule has 1 aromatic carbocycles. The first-order valence-corrected chi connectivity index (χ1v) is 15.5. The number of carbonyl (C=O) groups excluding carboxylic acids is 3. The molecule has 1 aliphatic rings. The van der Waals surface area contributed by atoms with E-state index >= 15 is 0 Å². The summed E-state index contributed by atoms with van der Waals surface area (Å²) in [7, 11) is 4.99. The van der Waals surface area contributed by atoms with Gasteiger partial charge in [0.1, 0.15) is 0 Å². The van der Waals surface area contributed by atoms with Gasteiger partial charge in [-0.2, -0.15) is 0 Å². The summed E-state index contributed by atoms with van der Waals surface area (Å²) in [5.41, 5.74) is 0.730. The molecule has 238 valence electrons. The van der Waals surface area contributed by atoms with Gasteiger partial charge in [-0.3, -0.25) is 14.4 Å². The number of likely N-dealkylation sites (tertiary alicyclic amines) is 1. The fourth-order valence-corrected chi connectivity index (χ4v) is 6.19. The Labute approximate surface area is 253 Å². The Kier molecular flexibility index (Phi) is 14.4. The number of ether oxygens (including phenoxy) is 2. The Bertz CT molecular complexity index is 989. The molecule has 9 heteroatoms. The summed E-state index contributed by atoms with van der Waals surface area (Å²) in [6.45, 7) is 12.4. The van der Waals surface area contributed by atoms with Crippen LogP contribution in [0.1, 0.15) is 85.3 Å². The summed E-state index contributed by atoms with van der Waals surface area (Å²) >= 11 is 0. The number of amides is 3. The number of methoxy groups -OCH3 is 2. The molecule has 3 amide bonds. The molecule has 0 saturated carbocycles. The number of hydrogen-bond donors (Lipinski definition) is 2. The van der Waals surface area contributed by atoms with Crippen molar-refractivity contribution in [1.29, 1.82) is 0 Å². The van der Waals surface area contributed by atoms with Gasteiger partial charge < -0.3 is 29.7 Å². The summed E-state index contributed by atoms with van der Waals surface area (Å²) in [6, 6.07) is 8.22. The zero-order chi connectivity index (χ0) is 31.6. The highest BCUT2D eigenvalue weighted by Crippen LogP contribution is 2.30. The molecule has 0 bridgehead atoms. The van der Waals surface area contributed by atoms with Gasteiger partial charge in [-0.1, -0.05) is 71.4 Å². The highest BCUT2D eigenvalue weighted by atomic mass is 16.5. The van der Waals surface area contributed by atoms with Gasteiger partial charge >= 0.3 is 0 Å². The Morgan fingerprint density at radius 1 is 1.05 bits per heavy atom. The largest absolute Gasteiger partial charge is 0.386 e. The molecule has 2 rings (SSSR count). The number of hydrogen-bond acceptors (Lipinski definition) is 6. The number of likely N-dealkylation sites (N-methyl/N-ethyl adjacent to an activating group) is 1. The van der Waals surface area contributed by atoms with Crippen molar-refractivity contribution in [1.82, 2.24) is 15.1 Å². The highest BCUT2D eigenvalue weighted by molar-refractivity contribution is 5.81. The number of aliphatic hydroxyl groups excluding tert-OH is 1. The Balaban J connectivity index is 2.15. The molecule has 1 aliphatic heterocycles. The van der Waals surface area contributed by atoms with Crippen molar-refractivity contribution in [3.8, 4) is 0 Å². The molecule has 0 aromatic heterocycles. The maximum Gasteiger partial charge on any atom is 0.225 e. The summed E-state index contributed by atoms with van der Waals surface area (Å²) in [4.78, 5) is 43.7. The van der Waals surface area contributed by atoms with Crippen LogP contribution in [0.5, 0.6) is 0 Å². The van der Waals surface area contributed by atoms with Gasteiger partial charge in [0.2, 0.25) is 17.7 Å². The van der Waals surface area contributed by atoms with E-state index in [0.717, 1.165) is 24.8 Å². The van der Waals surface area contributed by atoms with Gasteiger partial charge in [0.25, 0.3) is 0 Å². The lowest BCUT2D eigenvalue weighted by molar-refractivity contribution is -0.146. The van der Waals surface area contributed by atoms with Crippen LogP contribution in [0.15, 0.2) is 30.3 Å². The molecule has 1 heterocycles. The van der Waals surface area contributed by atoms with Crippen molar-refractivity contribution in [2.45, 2.75) is 110 Å². The zero-order valence-corrected chi connectivity index (χ0v) is 27.2. The van der Waals surface area contributed by atoms with Crippen LogP contribution in [0.2, 0.25) is 0 Å². The van der Waals surface area contributed by atoms with Crippen molar-refractivity contribution in [2.24, 2.45) is 17.8 Å². The fraction of sp³-hybridized carbons (Fsp3) is 0.727. The van der Waals surface area contributed by atoms with E-state index in [4.69, 9.17) is 9.47 Å². The van der Waals surface area contributed by atoms with Crippen LogP contribution in [0.3, 0.4) is 0 Å². The third-order valence-corrected chi connectivity index (χ3v) is 8.87. The number of rotatable bonds is 16. The molecule has 1 unspecified atom stereocenters. The number of benzene rings is 1. The first-order valence-electron chi connectivity index (χ1n) is 15.5. The van der Waals surface area contributed by atoms with Crippen LogP contribution in [-0.2, 0) is 23.9 Å². The molecular formula is C33H55N3O6. The zero-order valence-electron chi connectivity index (χ0n) is 27.2. The smallest absolute Gasteiger partial charge is 0.225 e. The van der Waals surface area contributed by atoms with Crippen LogP contribution in [0.4, 0.5) is 0 Å². The maximum atomic E-state index is 13.8. The number of nitrogens with one attached hydrogen (secondary N) is 1. The minimum absolute atomic E-state index is 0.0507. The van der Waals surface area contributed by atoms with E-state index in [1.807, 2.05) is 56.1 Å². The van der Waals surface area contributed by atoms with E-state index in [1.54, 1.807) is 33.0 Å². The first-order chi connectivity index (χ1) is 19.9. The molecule has 42 heavy (non-hydrogen) atoms. The van der Waals surface area contributed by atoms with Gasteiger partial charge in [0.05, 0.1) is 48.8 Å². The second-order valence-electron chi connectivity index (χ2n) is 12.4. The average Bonchev–Trinajstić information content (AvgIpc) is 3.46. The summed E-state index contributed by atoms with van der Waals surface area (Å²) in [5.74, 6) is -0.424. The van der Waals surface area contributed by atoms with Gasteiger partial charge in [0, 0.05) is 34.2 Å². The van der Waals surface area contributed by atoms with E-state index in [2.05, 4.69) is 19.2 Å². The Hall–Kier alpha value is -2.49. The minimum atomic E-state index is -0.845. The van der Waals surface area contributed by atoms with Crippen molar-refractivity contribution in [2.75, 3.05) is 27.8 Å². The van der Waals surface area contributed by atoms with Crippen LogP contribution in [-0.4, -0.2) is 90.8 Å². The molecule has 0 radical (unpaired) electrons. The lowest BCUT2D eigenvalue weighted by Crippen LogP contribution is -2.53. The average molecular weight is 590 g/mol. The summed E-state index contributed by atoms with van der Waals surface area (Å²) < 4.78 is 11.8. The van der Waals surface area contributed by atoms with Gasteiger partial charge in [-0.15, -0.1) is 0 Å². The fourth-order valence-electron chi connectivity index (χ4n) is 6.19. The second kappa shape index (κ2) is 17.0. The first kappa shape index (κ1) is 35.7. The normalized spacial score (nSPS) is 20.4. The number of aliphatic hydroxyl groups is 1. The lowest BCUT2D eigenvalue weighted by atomic mass is 9.90. The van der Waals surface area contributed by atoms with Crippen LogP contribution < -0.4 is 5.32 Å². The SMILES string of the molecule is CC[C@@H](C)[C@H]([C@H](CC(=O)N1CCCC1[C@@H](OC)[C@@H](C)C(=O)N[C@@H](C)[C@H](O)c1ccccc1)OC)N(C)C(=O)CC(C)C. The van der Waals surface area contributed by atoms with Crippen molar-refractivity contribution >= 4 is 17.7 Å². The van der Waals surface area contributed by atoms with Gasteiger partial charge in [-0.25, -0.2) is 0 Å². The predicted octanol–water partition coefficient (Wildman–Crippen LogP) is 4.19. The molecule has 8 atom stereocenters. The van der Waals surface area contributed by atoms with Crippen molar-refractivity contribution in [3.63, 3.8) is 0 Å². The van der Waals surface area contributed by atoms with Crippen LogP contribution in [0, 0.1) is 17.8 Å². The molecule has 0 spiro atoms. The monoisotopic (exact) mass is 589 g/mol. The van der Waals surface area contributed by atoms with Gasteiger partial charge in [0.15, 0.2) is 0 Å². The van der Waals surface area contributed by atoms with Crippen molar-refractivity contribution in [3.05, 3.63) is 35.9 Å². The lowest BCUT2D eigenvalue weighted by Gasteiger charge is -2.39. The predicted molar refractivity (Wildman–Crippen MR) is 165 cm³/mol. The van der Waals surface area contributed by atoms with E-state index in [1.165, 1.54) is 0 Å². The summed E-state index contributed by atoms with van der Waals surface area (Å²) in [6.07, 6.45) is 1.15. The van der Waals surface area contributed by atoms with E-state index in [0.29, 0.717) is 13.0 Å². The Morgan fingerprint density at radius 3 is 2.24 bits per heavy atom. The van der Waals surface area contributed by atoms with Crippen LogP contribution in [0.25, 0.3) is 0 Å². The summed E-state index contributed by atoms with van der Waals surface area (Å²) in [5, 5.41) is 13.7.